The Bertz CT molecular complexity index is 696. The van der Waals surface area contributed by atoms with Gasteiger partial charge in [-0.2, -0.15) is 0 Å². The molecule has 0 saturated heterocycles. The van der Waals surface area contributed by atoms with Crippen molar-refractivity contribution in [2.45, 2.75) is 17.7 Å². The standard InChI is InChI=1S/C12H13FN2O2S2/c1-8-10(13)3-2-4-11(8)15-19(16,17)12-5-9(6-14)7-18-12/h2-5,7,15H,6,14H2,1H3. The van der Waals surface area contributed by atoms with Crippen LogP contribution in [-0.4, -0.2) is 8.42 Å². The van der Waals surface area contributed by atoms with Crippen LogP contribution in [-0.2, 0) is 16.6 Å². The summed E-state index contributed by atoms with van der Waals surface area (Å²) < 4.78 is 40.2. The van der Waals surface area contributed by atoms with Gasteiger partial charge in [0.25, 0.3) is 10.0 Å². The van der Waals surface area contributed by atoms with Crippen molar-refractivity contribution in [2.24, 2.45) is 5.73 Å². The van der Waals surface area contributed by atoms with Crippen LogP contribution in [0.4, 0.5) is 10.1 Å². The number of rotatable bonds is 4. The maximum absolute atomic E-state index is 13.4. The molecular formula is C12H13FN2O2S2. The fourth-order valence-corrected chi connectivity index (χ4v) is 3.86. The van der Waals surface area contributed by atoms with Crippen LogP contribution in [0, 0.1) is 12.7 Å². The van der Waals surface area contributed by atoms with Crippen LogP contribution in [0.2, 0.25) is 0 Å². The minimum Gasteiger partial charge on any atom is -0.326 e. The number of hydrogen-bond acceptors (Lipinski definition) is 4. The molecule has 0 aliphatic rings. The summed E-state index contributed by atoms with van der Waals surface area (Å²) in [6, 6.07) is 5.78. The number of hydrogen-bond donors (Lipinski definition) is 2. The zero-order valence-electron chi connectivity index (χ0n) is 10.2. The van der Waals surface area contributed by atoms with Gasteiger partial charge in [0.1, 0.15) is 10.0 Å². The number of halogens is 1. The van der Waals surface area contributed by atoms with E-state index in [1.54, 1.807) is 5.38 Å². The zero-order chi connectivity index (χ0) is 14.0. The molecule has 102 valence electrons. The maximum Gasteiger partial charge on any atom is 0.271 e. The van der Waals surface area contributed by atoms with E-state index in [1.165, 1.54) is 31.2 Å². The highest BCUT2D eigenvalue weighted by molar-refractivity contribution is 7.94. The highest BCUT2D eigenvalue weighted by atomic mass is 32.2. The van der Waals surface area contributed by atoms with E-state index in [1.807, 2.05) is 0 Å². The van der Waals surface area contributed by atoms with Crippen LogP contribution in [0.1, 0.15) is 11.1 Å². The molecular weight excluding hydrogens is 287 g/mol. The van der Waals surface area contributed by atoms with Crippen molar-refractivity contribution in [2.75, 3.05) is 4.72 Å². The molecule has 2 aromatic rings. The topological polar surface area (TPSA) is 72.2 Å². The molecule has 3 N–H and O–H groups in total. The van der Waals surface area contributed by atoms with Gasteiger partial charge < -0.3 is 5.73 Å². The van der Waals surface area contributed by atoms with Gasteiger partial charge in [0, 0.05) is 12.1 Å². The lowest BCUT2D eigenvalue weighted by Crippen LogP contribution is -2.12. The summed E-state index contributed by atoms with van der Waals surface area (Å²) in [5, 5.41) is 1.69. The third-order valence-corrected chi connectivity index (χ3v) is 5.50. The van der Waals surface area contributed by atoms with Crippen molar-refractivity contribution in [1.29, 1.82) is 0 Å². The van der Waals surface area contributed by atoms with E-state index in [9.17, 15) is 12.8 Å². The van der Waals surface area contributed by atoms with E-state index >= 15 is 0 Å². The van der Waals surface area contributed by atoms with E-state index < -0.39 is 15.8 Å². The lowest BCUT2D eigenvalue weighted by Gasteiger charge is -2.09. The number of benzene rings is 1. The van der Waals surface area contributed by atoms with E-state index in [0.717, 1.165) is 16.9 Å². The molecule has 0 atom stereocenters. The van der Waals surface area contributed by atoms with Crippen LogP contribution in [0.3, 0.4) is 0 Å². The van der Waals surface area contributed by atoms with Crippen LogP contribution in [0.25, 0.3) is 0 Å². The summed E-state index contributed by atoms with van der Waals surface area (Å²) in [6.07, 6.45) is 0. The molecule has 19 heavy (non-hydrogen) atoms. The van der Waals surface area contributed by atoms with E-state index in [4.69, 9.17) is 5.73 Å². The largest absolute Gasteiger partial charge is 0.326 e. The second kappa shape index (κ2) is 5.28. The first kappa shape index (κ1) is 14.0. The van der Waals surface area contributed by atoms with Gasteiger partial charge in [-0.05, 0) is 36.1 Å². The molecule has 0 unspecified atom stereocenters. The Morgan fingerprint density at radius 1 is 1.42 bits per heavy atom. The van der Waals surface area contributed by atoms with E-state index in [2.05, 4.69) is 4.72 Å². The number of thiophene rings is 1. The Kier molecular flexibility index (Phi) is 3.88. The third kappa shape index (κ3) is 2.94. The fourth-order valence-electron chi connectivity index (χ4n) is 1.51. The molecule has 0 aliphatic carbocycles. The Hall–Kier alpha value is -1.44. The van der Waals surface area contributed by atoms with Gasteiger partial charge in [0.15, 0.2) is 0 Å². The summed E-state index contributed by atoms with van der Waals surface area (Å²) in [4.78, 5) is 0. The lowest BCUT2D eigenvalue weighted by atomic mass is 10.2. The van der Waals surface area contributed by atoms with Crippen molar-refractivity contribution in [3.63, 3.8) is 0 Å². The molecule has 0 amide bonds. The van der Waals surface area contributed by atoms with E-state index in [-0.39, 0.29) is 22.0 Å². The highest BCUT2D eigenvalue weighted by Gasteiger charge is 2.18. The Labute approximate surface area is 115 Å². The zero-order valence-corrected chi connectivity index (χ0v) is 11.8. The smallest absolute Gasteiger partial charge is 0.271 e. The van der Waals surface area contributed by atoms with E-state index in [0.29, 0.717) is 0 Å². The quantitative estimate of drug-likeness (QED) is 0.911. The van der Waals surface area contributed by atoms with Crippen LogP contribution >= 0.6 is 11.3 Å². The van der Waals surface area contributed by atoms with Gasteiger partial charge in [0.05, 0.1) is 5.69 Å². The highest BCUT2D eigenvalue weighted by Crippen LogP contribution is 2.25. The molecule has 0 bridgehead atoms. The predicted octanol–water partition coefficient (Wildman–Crippen LogP) is 2.46. The summed E-state index contributed by atoms with van der Waals surface area (Å²) in [5.41, 5.74) is 6.70. The molecule has 0 fully saturated rings. The maximum atomic E-state index is 13.4. The monoisotopic (exact) mass is 300 g/mol. The first-order valence-corrected chi connectivity index (χ1v) is 7.86. The SMILES string of the molecule is Cc1c(F)cccc1NS(=O)(=O)c1cc(CN)cs1. The lowest BCUT2D eigenvalue weighted by molar-refractivity contribution is 0.602. The number of nitrogens with one attached hydrogen (secondary N) is 1. The van der Waals surface area contributed by atoms with Gasteiger partial charge >= 0.3 is 0 Å². The summed E-state index contributed by atoms with van der Waals surface area (Å²) in [7, 11) is -3.70. The van der Waals surface area contributed by atoms with Gasteiger partial charge in [0.2, 0.25) is 0 Å². The predicted molar refractivity (Wildman–Crippen MR) is 74.2 cm³/mol. The Morgan fingerprint density at radius 2 is 2.16 bits per heavy atom. The van der Waals surface area contributed by atoms with Crippen molar-refractivity contribution in [3.05, 3.63) is 46.6 Å². The first-order chi connectivity index (χ1) is 8.94. The fraction of sp³-hybridized carbons (Fsp3) is 0.167. The van der Waals surface area contributed by atoms with Crippen molar-refractivity contribution >= 4 is 27.0 Å². The molecule has 0 saturated carbocycles. The second-order valence-electron chi connectivity index (χ2n) is 4.00. The van der Waals surface area contributed by atoms with Gasteiger partial charge in [-0.1, -0.05) is 6.07 Å². The summed E-state index contributed by atoms with van der Waals surface area (Å²) in [6.45, 7) is 1.80. The average Bonchev–Trinajstić information content (AvgIpc) is 2.84. The van der Waals surface area contributed by atoms with Crippen molar-refractivity contribution in [3.8, 4) is 0 Å². The molecule has 7 heteroatoms. The number of sulfonamides is 1. The molecule has 1 aromatic heterocycles. The molecule has 0 spiro atoms. The third-order valence-electron chi connectivity index (χ3n) is 2.64. The number of anilines is 1. The second-order valence-corrected chi connectivity index (χ2v) is 6.82. The Morgan fingerprint density at radius 3 is 2.79 bits per heavy atom. The molecule has 0 radical (unpaired) electrons. The minimum absolute atomic E-state index is 0.164. The van der Waals surface area contributed by atoms with Crippen LogP contribution < -0.4 is 10.5 Å². The molecule has 1 aromatic carbocycles. The van der Waals surface area contributed by atoms with Gasteiger partial charge in [-0.25, -0.2) is 12.8 Å². The van der Waals surface area contributed by atoms with Gasteiger partial charge in [-0.15, -0.1) is 11.3 Å². The minimum atomic E-state index is -3.70. The summed E-state index contributed by atoms with van der Waals surface area (Å²) in [5.74, 6) is -0.450. The van der Waals surface area contributed by atoms with Crippen LogP contribution in [0.15, 0.2) is 33.9 Å². The first-order valence-electron chi connectivity index (χ1n) is 5.49. The van der Waals surface area contributed by atoms with Crippen LogP contribution in [0.5, 0.6) is 0 Å². The molecule has 1 heterocycles. The normalized spacial score (nSPS) is 11.5. The van der Waals surface area contributed by atoms with Crippen molar-refractivity contribution < 1.29 is 12.8 Å². The average molecular weight is 300 g/mol. The molecule has 2 rings (SSSR count). The Balaban J connectivity index is 2.33. The van der Waals surface area contributed by atoms with Crippen molar-refractivity contribution in [1.82, 2.24) is 0 Å². The number of nitrogens with two attached hydrogens (primary N) is 1. The summed E-state index contributed by atoms with van der Waals surface area (Å²) >= 11 is 1.09. The van der Waals surface area contributed by atoms with Gasteiger partial charge in [-0.3, -0.25) is 4.72 Å². The molecule has 4 nitrogen and oxygen atoms in total. The molecule has 0 aliphatic heterocycles.